The summed E-state index contributed by atoms with van der Waals surface area (Å²) in [6.45, 7) is 3.39. The van der Waals surface area contributed by atoms with Crippen molar-refractivity contribution in [1.82, 2.24) is 4.31 Å². The molecule has 0 spiro atoms. The maximum absolute atomic E-state index is 13.9. The standard InChI is InChI=1S/C14H18FNO4S/c1-3-14(13(17)18)7-4-8-16(14)21(19,20)12-9-10(2)5-6-11(12)15/h5-6,9H,3-4,7-8H2,1-2H3,(H,17,18). The molecule has 21 heavy (non-hydrogen) atoms. The van der Waals surface area contributed by atoms with Crippen molar-refractivity contribution in [2.45, 2.75) is 43.5 Å². The third-order valence-electron chi connectivity index (χ3n) is 4.07. The van der Waals surface area contributed by atoms with Gasteiger partial charge in [0.05, 0.1) is 0 Å². The predicted octanol–water partition coefficient (Wildman–Crippen LogP) is 2.15. The van der Waals surface area contributed by atoms with Crippen molar-refractivity contribution in [3.8, 4) is 0 Å². The lowest BCUT2D eigenvalue weighted by molar-refractivity contribution is -0.147. The van der Waals surface area contributed by atoms with E-state index in [1.165, 1.54) is 12.1 Å². The lowest BCUT2D eigenvalue weighted by Crippen LogP contribution is -2.52. The molecular weight excluding hydrogens is 297 g/mol. The molecule has 2 rings (SSSR count). The van der Waals surface area contributed by atoms with Crippen LogP contribution in [0.25, 0.3) is 0 Å². The molecule has 1 atom stereocenters. The van der Waals surface area contributed by atoms with Crippen LogP contribution in [0.4, 0.5) is 4.39 Å². The van der Waals surface area contributed by atoms with Gasteiger partial charge in [0.1, 0.15) is 16.3 Å². The summed E-state index contributed by atoms with van der Waals surface area (Å²) in [7, 11) is -4.18. The van der Waals surface area contributed by atoms with Crippen molar-refractivity contribution in [2.75, 3.05) is 6.54 Å². The number of benzene rings is 1. The molecule has 7 heteroatoms. The molecule has 0 aromatic heterocycles. The molecule has 1 N–H and O–H groups in total. The number of carbonyl (C=O) groups is 1. The van der Waals surface area contributed by atoms with Gasteiger partial charge in [-0.15, -0.1) is 0 Å². The molecule has 0 radical (unpaired) electrons. The van der Waals surface area contributed by atoms with Crippen molar-refractivity contribution in [3.63, 3.8) is 0 Å². The van der Waals surface area contributed by atoms with E-state index >= 15 is 0 Å². The van der Waals surface area contributed by atoms with Crippen LogP contribution in [0.1, 0.15) is 31.7 Å². The zero-order valence-electron chi connectivity index (χ0n) is 12.0. The lowest BCUT2D eigenvalue weighted by Gasteiger charge is -2.33. The van der Waals surface area contributed by atoms with Gasteiger partial charge in [-0.05, 0) is 43.9 Å². The molecule has 5 nitrogen and oxygen atoms in total. The average Bonchev–Trinajstić information content (AvgIpc) is 2.87. The second kappa shape index (κ2) is 5.38. The van der Waals surface area contributed by atoms with Crippen molar-refractivity contribution in [2.24, 2.45) is 0 Å². The van der Waals surface area contributed by atoms with Crippen LogP contribution in [0.2, 0.25) is 0 Å². The third kappa shape index (κ3) is 2.44. The van der Waals surface area contributed by atoms with Gasteiger partial charge in [0.25, 0.3) is 0 Å². The fourth-order valence-corrected chi connectivity index (χ4v) is 4.86. The Kier molecular flexibility index (Phi) is 4.08. The molecular formula is C14H18FNO4S. The highest BCUT2D eigenvalue weighted by Crippen LogP contribution is 2.38. The first kappa shape index (κ1) is 15.9. The number of halogens is 1. The second-order valence-electron chi connectivity index (χ2n) is 5.30. The van der Waals surface area contributed by atoms with Gasteiger partial charge in [-0.25, -0.2) is 12.8 Å². The van der Waals surface area contributed by atoms with Gasteiger partial charge in [-0.3, -0.25) is 4.79 Å². The van der Waals surface area contributed by atoms with E-state index in [0.717, 1.165) is 10.4 Å². The molecule has 1 aliphatic heterocycles. The maximum Gasteiger partial charge on any atom is 0.325 e. The lowest BCUT2D eigenvalue weighted by atomic mass is 9.95. The number of hydrogen-bond donors (Lipinski definition) is 1. The number of carboxylic acid groups (broad SMARTS) is 1. The summed E-state index contributed by atoms with van der Waals surface area (Å²) in [5.41, 5.74) is -0.874. The fraction of sp³-hybridized carbons (Fsp3) is 0.500. The van der Waals surface area contributed by atoms with E-state index in [1.807, 2.05) is 0 Å². The van der Waals surface area contributed by atoms with Crippen LogP contribution in [-0.2, 0) is 14.8 Å². The first-order chi connectivity index (χ1) is 9.75. The highest BCUT2D eigenvalue weighted by Gasteiger charge is 2.52. The highest BCUT2D eigenvalue weighted by atomic mass is 32.2. The minimum Gasteiger partial charge on any atom is -0.480 e. The summed E-state index contributed by atoms with van der Waals surface area (Å²) in [5, 5.41) is 9.47. The highest BCUT2D eigenvalue weighted by molar-refractivity contribution is 7.89. The normalized spacial score (nSPS) is 23.4. The molecule has 1 unspecified atom stereocenters. The van der Waals surface area contributed by atoms with Crippen LogP contribution < -0.4 is 0 Å². The Morgan fingerprint density at radius 3 is 2.71 bits per heavy atom. The summed E-state index contributed by atoms with van der Waals surface area (Å²) in [4.78, 5) is 11.1. The van der Waals surface area contributed by atoms with Crippen LogP contribution in [0.3, 0.4) is 0 Å². The van der Waals surface area contributed by atoms with Crippen LogP contribution in [0, 0.1) is 12.7 Å². The smallest absolute Gasteiger partial charge is 0.325 e. The number of aryl methyl sites for hydroxylation is 1. The predicted molar refractivity (Wildman–Crippen MR) is 74.9 cm³/mol. The third-order valence-corrected chi connectivity index (χ3v) is 6.05. The molecule has 0 amide bonds. The van der Waals surface area contributed by atoms with E-state index < -0.39 is 32.2 Å². The number of nitrogens with zero attached hydrogens (tertiary/aromatic N) is 1. The van der Waals surface area contributed by atoms with Crippen LogP contribution in [0.15, 0.2) is 23.1 Å². The van der Waals surface area contributed by atoms with Crippen LogP contribution in [0.5, 0.6) is 0 Å². The summed E-state index contributed by atoms with van der Waals surface area (Å²) >= 11 is 0. The van der Waals surface area contributed by atoms with Gasteiger partial charge >= 0.3 is 5.97 Å². The number of hydrogen-bond acceptors (Lipinski definition) is 3. The quantitative estimate of drug-likeness (QED) is 0.924. The Morgan fingerprint density at radius 2 is 2.14 bits per heavy atom. The molecule has 1 aliphatic rings. The Bertz CT molecular complexity index is 674. The van der Waals surface area contributed by atoms with E-state index in [4.69, 9.17) is 0 Å². The zero-order valence-corrected chi connectivity index (χ0v) is 12.8. The Balaban J connectivity index is 2.58. The SMILES string of the molecule is CCC1(C(=O)O)CCCN1S(=O)(=O)c1cc(C)ccc1F. The van der Waals surface area contributed by atoms with Gasteiger partial charge in [0.15, 0.2) is 0 Å². The molecule has 1 fully saturated rings. The summed E-state index contributed by atoms with van der Waals surface area (Å²) < 4.78 is 40.3. The molecule has 1 heterocycles. The van der Waals surface area contributed by atoms with E-state index in [-0.39, 0.29) is 19.4 Å². The number of rotatable bonds is 4. The number of sulfonamides is 1. The molecule has 1 aromatic rings. The Morgan fingerprint density at radius 1 is 1.48 bits per heavy atom. The Labute approximate surface area is 123 Å². The van der Waals surface area contributed by atoms with Crippen LogP contribution in [-0.4, -0.2) is 35.9 Å². The first-order valence-electron chi connectivity index (χ1n) is 6.78. The molecule has 1 saturated heterocycles. The van der Waals surface area contributed by atoms with Crippen LogP contribution >= 0.6 is 0 Å². The van der Waals surface area contributed by atoms with Gasteiger partial charge in [-0.2, -0.15) is 4.31 Å². The zero-order chi connectivity index (χ0) is 15.8. The van der Waals surface area contributed by atoms with Gasteiger partial charge in [0.2, 0.25) is 10.0 Å². The van der Waals surface area contributed by atoms with E-state index in [2.05, 4.69) is 0 Å². The van der Waals surface area contributed by atoms with E-state index in [0.29, 0.717) is 12.0 Å². The van der Waals surface area contributed by atoms with E-state index in [9.17, 15) is 22.7 Å². The summed E-state index contributed by atoms with van der Waals surface area (Å²) in [6.07, 6.45) is 0.841. The van der Waals surface area contributed by atoms with Crippen molar-refractivity contribution < 1.29 is 22.7 Å². The second-order valence-corrected chi connectivity index (χ2v) is 7.14. The first-order valence-corrected chi connectivity index (χ1v) is 8.22. The minimum absolute atomic E-state index is 0.0931. The van der Waals surface area contributed by atoms with Crippen molar-refractivity contribution in [1.29, 1.82) is 0 Å². The molecule has 1 aromatic carbocycles. The topological polar surface area (TPSA) is 74.7 Å². The number of carboxylic acids is 1. The van der Waals surface area contributed by atoms with Crippen molar-refractivity contribution in [3.05, 3.63) is 29.6 Å². The van der Waals surface area contributed by atoms with Crippen molar-refractivity contribution >= 4 is 16.0 Å². The monoisotopic (exact) mass is 315 g/mol. The molecule has 0 saturated carbocycles. The summed E-state index contributed by atoms with van der Waals surface area (Å²) in [5.74, 6) is -2.04. The molecule has 0 bridgehead atoms. The van der Waals surface area contributed by atoms with Gasteiger partial charge in [-0.1, -0.05) is 13.0 Å². The minimum atomic E-state index is -4.18. The summed E-state index contributed by atoms with van der Waals surface area (Å²) in [6, 6.07) is 3.81. The number of aliphatic carboxylic acids is 1. The fourth-order valence-electron chi connectivity index (χ4n) is 2.85. The van der Waals surface area contributed by atoms with E-state index in [1.54, 1.807) is 13.8 Å². The molecule has 116 valence electrons. The van der Waals surface area contributed by atoms with Gasteiger partial charge < -0.3 is 5.11 Å². The Hall–Kier alpha value is -1.47. The largest absolute Gasteiger partial charge is 0.480 e. The molecule has 0 aliphatic carbocycles. The average molecular weight is 315 g/mol. The van der Waals surface area contributed by atoms with Gasteiger partial charge in [0, 0.05) is 6.54 Å². The maximum atomic E-state index is 13.9.